The molecule has 0 radical (unpaired) electrons. The van der Waals surface area contributed by atoms with Crippen LogP contribution in [0.2, 0.25) is 0 Å². The molecule has 0 amide bonds. The van der Waals surface area contributed by atoms with E-state index >= 15 is 0 Å². The van der Waals surface area contributed by atoms with Crippen molar-refractivity contribution in [3.8, 4) is 0 Å². The van der Waals surface area contributed by atoms with Crippen molar-refractivity contribution in [2.45, 2.75) is 19.3 Å². The molecule has 0 spiro atoms. The van der Waals surface area contributed by atoms with Crippen LogP contribution in [-0.4, -0.2) is 56.5 Å². The number of nitrogens with zero attached hydrogens (tertiary/aromatic N) is 1. The van der Waals surface area contributed by atoms with Crippen LogP contribution in [0.1, 0.15) is 19.3 Å². The minimum atomic E-state index is 0.0598. The van der Waals surface area contributed by atoms with E-state index in [2.05, 4.69) is 0 Å². The first-order valence-corrected chi connectivity index (χ1v) is 5.57. The topological polar surface area (TPSA) is 51.2 Å². The second kappa shape index (κ2) is 9.06. The molecule has 90 valence electrons. The zero-order chi connectivity index (χ0) is 10.8. The van der Waals surface area contributed by atoms with E-state index in [0.29, 0.717) is 26.6 Å². The van der Waals surface area contributed by atoms with Crippen molar-refractivity contribution >= 4 is 0 Å². The molecule has 1 N–H and O–H groups in total. The van der Waals surface area contributed by atoms with Gasteiger partial charge in [0.05, 0.1) is 26.4 Å². The maximum absolute atomic E-state index is 8.44. The minimum Gasteiger partial charge on any atom is -0.394 e. The van der Waals surface area contributed by atoms with E-state index in [1.54, 1.807) is 0 Å². The summed E-state index contributed by atoms with van der Waals surface area (Å²) >= 11 is 0. The van der Waals surface area contributed by atoms with Crippen LogP contribution < -0.4 is 0 Å². The van der Waals surface area contributed by atoms with Crippen LogP contribution in [0.15, 0.2) is 0 Å². The molecule has 1 rings (SSSR count). The number of aliphatic hydroxyl groups excluding tert-OH is 1. The summed E-state index contributed by atoms with van der Waals surface area (Å²) in [7, 11) is 0. The quantitative estimate of drug-likeness (QED) is 0.472. The van der Waals surface area contributed by atoms with E-state index in [-0.39, 0.29) is 6.61 Å². The molecule has 0 aromatic carbocycles. The van der Waals surface area contributed by atoms with Gasteiger partial charge in [-0.05, 0) is 12.8 Å². The molecule has 0 aromatic heterocycles. The Morgan fingerprint density at radius 1 is 0.933 bits per heavy atom. The third kappa shape index (κ3) is 6.81. The Kier molecular flexibility index (Phi) is 7.77. The van der Waals surface area contributed by atoms with Crippen molar-refractivity contribution < 1.29 is 19.4 Å². The number of rotatable bonds is 8. The second-order valence-corrected chi connectivity index (χ2v) is 3.48. The summed E-state index contributed by atoms with van der Waals surface area (Å²) < 4.78 is 10.2. The fourth-order valence-electron chi connectivity index (χ4n) is 1.45. The zero-order valence-electron chi connectivity index (χ0n) is 9.19. The van der Waals surface area contributed by atoms with Gasteiger partial charge in [0.1, 0.15) is 0 Å². The number of hydroxylamine groups is 2. The summed E-state index contributed by atoms with van der Waals surface area (Å²) in [6.45, 7) is 3.75. The van der Waals surface area contributed by atoms with Gasteiger partial charge in [-0.15, -0.1) is 0 Å². The van der Waals surface area contributed by atoms with Crippen LogP contribution in [0.25, 0.3) is 0 Å². The first kappa shape index (κ1) is 12.9. The average molecular weight is 219 g/mol. The van der Waals surface area contributed by atoms with Gasteiger partial charge in [-0.3, -0.25) is 4.84 Å². The molecule has 0 atom stereocenters. The Hall–Kier alpha value is -0.200. The van der Waals surface area contributed by atoms with Crippen LogP contribution >= 0.6 is 0 Å². The van der Waals surface area contributed by atoms with Gasteiger partial charge < -0.3 is 14.6 Å². The lowest BCUT2D eigenvalue weighted by molar-refractivity contribution is -0.232. The highest BCUT2D eigenvalue weighted by molar-refractivity contribution is 4.55. The van der Waals surface area contributed by atoms with Crippen molar-refractivity contribution in [2.24, 2.45) is 0 Å². The molecule has 5 nitrogen and oxygen atoms in total. The Bertz CT molecular complexity index is 139. The maximum atomic E-state index is 8.44. The molecule has 1 fully saturated rings. The number of aliphatic hydroxyl groups is 1. The van der Waals surface area contributed by atoms with E-state index in [4.69, 9.17) is 19.4 Å². The summed E-state index contributed by atoms with van der Waals surface area (Å²) in [6.07, 6.45) is 3.72. The Morgan fingerprint density at radius 3 is 2.40 bits per heavy atom. The van der Waals surface area contributed by atoms with Gasteiger partial charge in [-0.25, -0.2) is 0 Å². The highest BCUT2D eigenvalue weighted by Crippen LogP contribution is 2.08. The first-order valence-electron chi connectivity index (χ1n) is 5.57. The van der Waals surface area contributed by atoms with E-state index in [0.717, 1.165) is 13.1 Å². The Labute approximate surface area is 90.9 Å². The third-order valence-corrected chi connectivity index (χ3v) is 2.24. The summed E-state index contributed by atoms with van der Waals surface area (Å²) in [5, 5.41) is 10.4. The van der Waals surface area contributed by atoms with Crippen molar-refractivity contribution in [2.75, 3.05) is 46.3 Å². The van der Waals surface area contributed by atoms with Gasteiger partial charge >= 0.3 is 0 Å². The summed E-state index contributed by atoms with van der Waals surface area (Å²) in [6, 6.07) is 0. The summed E-state index contributed by atoms with van der Waals surface area (Å²) in [5.74, 6) is 0. The molecule has 1 heterocycles. The van der Waals surface area contributed by atoms with Crippen LogP contribution in [0, 0.1) is 0 Å². The monoisotopic (exact) mass is 219 g/mol. The van der Waals surface area contributed by atoms with E-state index in [1.165, 1.54) is 19.3 Å². The maximum Gasteiger partial charge on any atom is 0.167 e. The lowest BCUT2D eigenvalue weighted by Gasteiger charge is -2.25. The normalized spacial score (nSPS) is 18.2. The van der Waals surface area contributed by atoms with E-state index < -0.39 is 0 Å². The predicted molar refractivity (Wildman–Crippen MR) is 55.2 cm³/mol. The lowest BCUT2D eigenvalue weighted by atomic mass is 10.2. The molecular formula is C10H21NO4. The van der Waals surface area contributed by atoms with Crippen molar-refractivity contribution in [1.29, 1.82) is 0 Å². The summed E-state index contributed by atoms with van der Waals surface area (Å²) in [4.78, 5) is 5.40. The smallest absolute Gasteiger partial charge is 0.167 e. The first-order chi connectivity index (χ1) is 7.43. The molecule has 0 aliphatic carbocycles. The zero-order valence-corrected chi connectivity index (χ0v) is 9.19. The Balaban J connectivity index is 1.79. The molecule has 15 heavy (non-hydrogen) atoms. The van der Waals surface area contributed by atoms with Crippen LogP contribution in [-0.2, 0) is 14.3 Å². The lowest BCUT2D eigenvalue weighted by Crippen LogP contribution is -2.31. The number of ether oxygens (including phenoxy) is 2. The molecule has 1 aliphatic heterocycles. The van der Waals surface area contributed by atoms with Crippen LogP contribution in [0.4, 0.5) is 0 Å². The highest BCUT2D eigenvalue weighted by atomic mass is 16.8. The molecule has 0 unspecified atom stereocenters. The molecule has 0 bridgehead atoms. The van der Waals surface area contributed by atoms with Crippen molar-refractivity contribution in [1.82, 2.24) is 5.06 Å². The van der Waals surface area contributed by atoms with Crippen molar-refractivity contribution in [3.05, 3.63) is 0 Å². The second-order valence-electron chi connectivity index (χ2n) is 3.48. The molecule has 1 saturated heterocycles. The van der Waals surface area contributed by atoms with Crippen molar-refractivity contribution in [3.63, 3.8) is 0 Å². The molecule has 0 saturated carbocycles. The Morgan fingerprint density at radius 2 is 1.67 bits per heavy atom. The number of hydrogen-bond donors (Lipinski definition) is 1. The molecule has 5 heteroatoms. The summed E-state index contributed by atoms with van der Waals surface area (Å²) in [5.41, 5.74) is 0. The molecular weight excluding hydrogens is 198 g/mol. The average Bonchev–Trinajstić information content (AvgIpc) is 2.29. The van der Waals surface area contributed by atoms with Gasteiger partial charge in [0.25, 0.3) is 0 Å². The number of hydrogen-bond acceptors (Lipinski definition) is 5. The standard InChI is InChI=1S/C10H21NO4/c12-6-7-13-8-9-14-10-15-11-4-2-1-3-5-11/h12H,1-10H2. The van der Waals surface area contributed by atoms with Gasteiger partial charge in [0.15, 0.2) is 6.79 Å². The highest BCUT2D eigenvalue weighted by Gasteiger charge is 2.09. The van der Waals surface area contributed by atoms with Gasteiger partial charge in [-0.1, -0.05) is 6.42 Å². The fraction of sp³-hybridized carbons (Fsp3) is 1.00. The van der Waals surface area contributed by atoms with Gasteiger partial charge in [-0.2, -0.15) is 5.06 Å². The van der Waals surface area contributed by atoms with E-state index in [9.17, 15) is 0 Å². The minimum absolute atomic E-state index is 0.0598. The number of piperidine rings is 1. The molecule has 1 aliphatic rings. The SMILES string of the molecule is OCCOCCOCON1CCCCC1. The third-order valence-electron chi connectivity index (χ3n) is 2.24. The van der Waals surface area contributed by atoms with Crippen LogP contribution in [0.3, 0.4) is 0 Å². The largest absolute Gasteiger partial charge is 0.394 e. The van der Waals surface area contributed by atoms with E-state index in [1.807, 2.05) is 5.06 Å². The fourth-order valence-corrected chi connectivity index (χ4v) is 1.45. The predicted octanol–water partition coefficient (Wildman–Crippen LogP) is 0.387. The molecule has 0 aromatic rings. The van der Waals surface area contributed by atoms with Gasteiger partial charge in [0.2, 0.25) is 0 Å². The van der Waals surface area contributed by atoms with Gasteiger partial charge in [0, 0.05) is 13.1 Å². The van der Waals surface area contributed by atoms with Crippen LogP contribution in [0.5, 0.6) is 0 Å².